The zero-order valence-corrected chi connectivity index (χ0v) is 6.04. The lowest BCUT2D eigenvalue weighted by Gasteiger charge is -2.05. The molecule has 5 heteroatoms. The van der Waals surface area contributed by atoms with Crippen molar-refractivity contribution < 1.29 is 14.3 Å². The zero-order chi connectivity index (χ0) is 6.78. The van der Waals surface area contributed by atoms with E-state index in [0.717, 1.165) is 0 Å². The van der Waals surface area contributed by atoms with E-state index in [2.05, 4.69) is 15.9 Å². The highest BCUT2D eigenvalue weighted by Crippen LogP contribution is 2.21. The van der Waals surface area contributed by atoms with Crippen molar-refractivity contribution in [1.29, 1.82) is 0 Å². The maximum absolute atomic E-state index is 12.1. The molecular weight excluding hydrogens is 202 g/mol. The van der Waals surface area contributed by atoms with Gasteiger partial charge in [0.1, 0.15) is 0 Å². The highest BCUT2D eigenvalue weighted by atomic mass is 79.9. The van der Waals surface area contributed by atoms with Gasteiger partial charge in [0.05, 0.1) is 5.88 Å². The molecule has 8 heavy (non-hydrogen) atoms. The number of alkyl halides is 3. The maximum Gasteiger partial charge on any atom is 0.354 e. The van der Waals surface area contributed by atoms with Gasteiger partial charge in [-0.3, -0.25) is 0 Å². The summed E-state index contributed by atoms with van der Waals surface area (Å²) < 4.78 is 9.66. The molecule has 1 N–H and O–H groups in total. The molecular formula is C3H3BrClFO2. The molecule has 0 spiro atoms. The van der Waals surface area contributed by atoms with Crippen molar-refractivity contribution in [2.45, 2.75) is 4.58 Å². The number of carboxylic acid groups (broad SMARTS) is 1. The Morgan fingerprint density at radius 1 is 2.00 bits per heavy atom. The molecule has 0 radical (unpaired) electrons. The lowest BCUT2D eigenvalue weighted by atomic mass is 10.4. The van der Waals surface area contributed by atoms with Crippen LogP contribution in [0.5, 0.6) is 0 Å². The zero-order valence-electron chi connectivity index (χ0n) is 3.70. The number of aliphatic carboxylic acids is 1. The van der Waals surface area contributed by atoms with Gasteiger partial charge in [-0.05, 0) is 15.9 Å². The average Bonchev–Trinajstić information content (AvgIpc) is 1.67. The van der Waals surface area contributed by atoms with Gasteiger partial charge in [0, 0.05) is 0 Å². The fourth-order valence-corrected chi connectivity index (χ4v) is 0.171. The van der Waals surface area contributed by atoms with E-state index in [1.54, 1.807) is 0 Å². The maximum atomic E-state index is 12.1. The Morgan fingerprint density at radius 2 is 2.38 bits per heavy atom. The summed E-state index contributed by atoms with van der Waals surface area (Å²) in [4.78, 5) is 9.75. The van der Waals surface area contributed by atoms with Crippen LogP contribution in [-0.2, 0) is 4.79 Å². The topological polar surface area (TPSA) is 37.3 Å². The van der Waals surface area contributed by atoms with Crippen molar-refractivity contribution in [3.63, 3.8) is 0 Å². The van der Waals surface area contributed by atoms with Crippen molar-refractivity contribution in [2.75, 3.05) is 5.88 Å². The summed E-state index contributed by atoms with van der Waals surface area (Å²) in [5.41, 5.74) is 0. The Labute approximate surface area is 58.8 Å². The van der Waals surface area contributed by atoms with Gasteiger partial charge in [-0.15, -0.1) is 11.6 Å². The molecule has 0 fully saturated rings. The van der Waals surface area contributed by atoms with E-state index in [-0.39, 0.29) is 0 Å². The van der Waals surface area contributed by atoms with Crippen molar-refractivity contribution in [2.24, 2.45) is 0 Å². The third kappa shape index (κ3) is 1.96. The first-order chi connectivity index (χ1) is 3.50. The molecule has 0 rings (SSSR count). The van der Waals surface area contributed by atoms with Crippen LogP contribution < -0.4 is 0 Å². The van der Waals surface area contributed by atoms with Crippen LogP contribution in [0.2, 0.25) is 0 Å². The summed E-state index contributed by atoms with van der Waals surface area (Å²) in [6, 6.07) is 0. The van der Waals surface area contributed by atoms with E-state index < -0.39 is 16.4 Å². The lowest BCUT2D eigenvalue weighted by Crippen LogP contribution is -2.27. The molecule has 0 bridgehead atoms. The summed E-state index contributed by atoms with van der Waals surface area (Å²) in [5, 5.41) is 7.93. The lowest BCUT2D eigenvalue weighted by molar-refractivity contribution is -0.143. The van der Waals surface area contributed by atoms with E-state index in [1.165, 1.54) is 0 Å². The first-order valence-electron chi connectivity index (χ1n) is 1.68. The monoisotopic (exact) mass is 204 g/mol. The number of rotatable bonds is 2. The minimum Gasteiger partial charge on any atom is -0.478 e. The molecule has 0 aliphatic rings. The minimum absolute atomic E-state index is 0.595. The number of halogens is 3. The molecule has 0 aromatic heterocycles. The second-order valence-electron chi connectivity index (χ2n) is 1.14. The molecule has 0 aromatic carbocycles. The summed E-state index contributed by atoms with van der Waals surface area (Å²) in [6.07, 6.45) is 0. The van der Waals surface area contributed by atoms with Crippen LogP contribution >= 0.6 is 27.5 Å². The Hall–Kier alpha value is 0.170. The highest BCUT2D eigenvalue weighted by molar-refractivity contribution is 9.10. The summed E-state index contributed by atoms with van der Waals surface area (Å²) in [7, 11) is 0. The van der Waals surface area contributed by atoms with Gasteiger partial charge in [-0.25, -0.2) is 9.18 Å². The van der Waals surface area contributed by atoms with Gasteiger partial charge >= 0.3 is 5.97 Å². The summed E-state index contributed by atoms with van der Waals surface area (Å²) >= 11 is 7.13. The highest BCUT2D eigenvalue weighted by Gasteiger charge is 2.33. The van der Waals surface area contributed by atoms with Gasteiger partial charge in [-0.2, -0.15) is 0 Å². The van der Waals surface area contributed by atoms with Crippen molar-refractivity contribution in [1.82, 2.24) is 0 Å². The molecule has 0 amide bonds. The first-order valence-corrected chi connectivity index (χ1v) is 3.00. The van der Waals surface area contributed by atoms with Crippen LogP contribution in [-0.4, -0.2) is 21.5 Å². The Balaban J connectivity index is 3.91. The standard InChI is InChI=1S/C3H3BrClFO2/c4-3(6,1-5)2(7)8/h1H2,(H,7,8). The number of hydrogen-bond donors (Lipinski definition) is 1. The number of carboxylic acids is 1. The van der Waals surface area contributed by atoms with E-state index in [9.17, 15) is 9.18 Å². The van der Waals surface area contributed by atoms with Crippen molar-refractivity contribution >= 4 is 33.5 Å². The van der Waals surface area contributed by atoms with Crippen LogP contribution in [0.1, 0.15) is 0 Å². The average molecular weight is 205 g/mol. The van der Waals surface area contributed by atoms with Gasteiger partial charge < -0.3 is 5.11 Å². The largest absolute Gasteiger partial charge is 0.478 e. The van der Waals surface area contributed by atoms with E-state index >= 15 is 0 Å². The van der Waals surface area contributed by atoms with E-state index in [4.69, 9.17) is 16.7 Å². The fraction of sp³-hybridized carbons (Fsp3) is 0.667. The predicted octanol–water partition coefficient (Wildman–Crippen LogP) is 1.37. The third-order valence-corrected chi connectivity index (χ3v) is 1.79. The van der Waals surface area contributed by atoms with Crippen LogP contribution in [0.15, 0.2) is 0 Å². The molecule has 0 saturated heterocycles. The minimum atomic E-state index is -2.46. The van der Waals surface area contributed by atoms with Gasteiger partial charge in [0.25, 0.3) is 4.58 Å². The number of hydrogen-bond acceptors (Lipinski definition) is 1. The van der Waals surface area contributed by atoms with Gasteiger partial charge in [-0.1, -0.05) is 0 Å². The van der Waals surface area contributed by atoms with E-state index in [1.807, 2.05) is 0 Å². The third-order valence-electron chi connectivity index (χ3n) is 0.481. The normalized spacial score (nSPS) is 17.4. The Kier molecular flexibility index (Phi) is 2.70. The molecule has 0 aliphatic carbocycles. The molecule has 2 nitrogen and oxygen atoms in total. The summed E-state index contributed by atoms with van der Waals surface area (Å²) in [5.74, 6) is -2.20. The van der Waals surface area contributed by atoms with Crippen LogP contribution in [0.4, 0.5) is 4.39 Å². The Morgan fingerprint density at radius 3 is 2.38 bits per heavy atom. The van der Waals surface area contributed by atoms with Crippen molar-refractivity contribution in [3.05, 3.63) is 0 Å². The second kappa shape index (κ2) is 2.64. The predicted molar refractivity (Wildman–Crippen MR) is 31.1 cm³/mol. The molecule has 1 atom stereocenters. The number of carbonyl (C=O) groups is 1. The van der Waals surface area contributed by atoms with Crippen LogP contribution in [0, 0.1) is 0 Å². The molecule has 0 heterocycles. The smallest absolute Gasteiger partial charge is 0.354 e. The SMILES string of the molecule is O=C(O)C(F)(Br)CCl. The second-order valence-corrected chi connectivity index (χ2v) is 2.67. The van der Waals surface area contributed by atoms with Gasteiger partial charge in [0.15, 0.2) is 0 Å². The molecule has 0 aromatic rings. The Bertz CT molecular complexity index is 105. The molecule has 0 saturated carbocycles. The van der Waals surface area contributed by atoms with Crippen LogP contribution in [0.3, 0.4) is 0 Å². The fourth-order valence-electron chi connectivity index (χ4n) is 0.0572. The molecule has 0 aliphatic heterocycles. The first kappa shape index (κ1) is 8.17. The van der Waals surface area contributed by atoms with E-state index in [0.29, 0.717) is 0 Å². The van der Waals surface area contributed by atoms with Crippen LogP contribution in [0.25, 0.3) is 0 Å². The quantitative estimate of drug-likeness (QED) is 0.691. The molecule has 48 valence electrons. The van der Waals surface area contributed by atoms with Crippen molar-refractivity contribution in [3.8, 4) is 0 Å². The molecule has 1 unspecified atom stereocenters. The summed E-state index contributed by atoms with van der Waals surface area (Å²) in [6.45, 7) is 0. The van der Waals surface area contributed by atoms with Gasteiger partial charge in [0.2, 0.25) is 0 Å².